The van der Waals surface area contributed by atoms with Crippen LogP contribution in [0.3, 0.4) is 0 Å². The van der Waals surface area contributed by atoms with Crippen molar-refractivity contribution in [1.29, 1.82) is 0 Å². The van der Waals surface area contributed by atoms with E-state index >= 15 is 0 Å². The van der Waals surface area contributed by atoms with Crippen molar-refractivity contribution in [3.63, 3.8) is 0 Å². The van der Waals surface area contributed by atoms with E-state index in [1.54, 1.807) is 36.4 Å². The van der Waals surface area contributed by atoms with Crippen molar-refractivity contribution in [2.45, 2.75) is 101 Å². The van der Waals surface area contributed by atoms with Crippen molar-refractivity contribution in [3.8, 4) is 34.5 Å². The van der Waals surface area contributed by atoms with Crippen LogP contribution in [-0.4, -0.2) is 68.8 Å². The first-order chi connectivity index (χ1) is 23.8. The van der Waals surface area contributed by atoms with Gasteiger partial charge in [0.15, 0.2) is 0 Å². The minimum absolute atomic E-state index is 0. The van der Waals surface area contributed by atoms with Gasteiger partial charge in [0.2, 0.25) is 0 Å². The topological polar surface area (TPSA) is 173 Å². The molecule has 4 aromatic rings. The molecule has 0 heterocycles. The number of aryl methyl sites for hydroxylation is 2. The van der Waals surface area contributed by atoms with Crippen molar-refractivity contribution in [2.24, 2.45) is 0 Å². The van der Waals surface area contributed by atoms with Crippen LogP contribution in [0.1, 0.15) is 89.2 Å². The van der Waals surface area contributed by atoms with E-state index in [-0.39, 0.29) is 71.4 Å². The molecule has 0 aliphatic rings. The standard InChI is InChI=1S/2C19H24O5S.Ca/c2*1-2-3-4-5-6-9-15-12-16(20)14-17(13-15)24-18-10-7-8-11-19(18)25(21,22)23;/h2*7-8,10-14,20H,2-6,9H2,1H3,(H,21,22,23);/q;;+2/p-2. The minimum atomic E-state index is -4.65. The third-order valence-corrected chi connectivity index (χ3v) is 9.50. The van der Waals surface area contributed by atoms with E-state index in [4.69, 9.17) is 9.47 Å². The molecule has 0 bridgehead atoms. The predicted molar refractivity (Wildman–Crippen MR) is 195 cm³/mol. The Hall–Kier alpha value is -2.84. The number of phenolic OH excluding ortho intramolecular Hbond substituents is 1. The third kappa shape index (κ3) is 16.2. The van der Waals surface area contributed by atoms with Crippen LogP contribution in [0, 0.1) is 0 Å². The molecule has 0 aliphatic carbocycles. The molecule has 0 saturated heterocycles. The molecule has 2 N–H and O–H groups in total. The molecule has 0 unspecified atom stereocenters. The molecule has 13 heteroatoms. The van der Waals surface area contributed by atoms with Gasteiger partial charge in [-0.15, -0.1) is 5.75 Å². The Morgan fingerprint density at radius 3 is 1.57 bits per heavy atom. The molecule has 4 aromatic carbocycles. The minimum Gasteiger partial charge on any atom is -0.872 e. The summed E-state index contributed by atoms with van der Waals surface area (Å²) in [4.78, 5) is -0.744. The number of phenols is 1. The van der Waals surface area contributed by atoms with Gasteiger partial charge in [0.05, 0.1) is 4.90 Å². The largest absolute Gasteiger partial charge is 2.00 e. The Balaban J connectivity index is 0.000000347. The summed E-state index contributed by atoms with van der Waals surface area (Å²) in [5.74, 6) is 0.377. The smallest absolute Gasteiger partial charge is 0.872 e. The van der Waals surface area contributed by atoms with Crippen LogP contribution in [0.2, 0.25) is 0 Å². The molecule has 0 fully saturated rings. The van der Waals surface area contributed by atoms with Crippen LogP contribution in [0.25, 0.3) is 0 Å². The average molecular weight is 767 g/mol. The van der Waals surface area contributed by atoms with E-state index in [1.165, 1.54) is 87.1 Å². The number of benzene rings is 4. The first kappa shape index (κ1) is 44.3. The molecular weight excluding hydrogens is 721 g/mol. The van der Waals surface area contributed by atoms with Gasteiger partial charge in [-0.05, 0) is 85.3 Å². The third-order valence-electron chi connectivity index (χ3n) is 7.73. The molecule has 0 aromatic heterocycles. The van der Waals surface area contributed by atoms with Gasteiger partial charge in [-0.25, -0.2) is 8.42 Å². The quantitative estimate of drug-likeness (QED) is 0.0568. The zero-order chi connectivity index (χ0) is 36.6. The second-order valence-electron chi connectivity index (χ2n) is 12.0. The Kier molecular flexibility index (Phi) is 19.4. The van der Waals surface area contributed by atoms with Gasteiger partial charge >= 0.3 is 37.7 Å². The fourth-order valence-electron chi connectivity index (χ4n) is 5.29. The van der Waals surface area contributed by atoms with Crippen LogP contribution >= 0.6 is 0 Å². The SMILES string of the molecule is CCCCCCCc1cc(O)cc(Oc2ccccc2S(=O)(=O)O)c1.CCCCCCCc1cc([O-])cc(Oc2ccccc2S(=O)(=O)[O-])c1.[Ca+2]. The number of ether oxygens (including phenoxy) is 2. The molecule has 0 amide bonds. The second-order valence-corrected chi connectivity index (χ2v) is 14.7. The molecule has 10 nitrogen and oxygen atoms in total. The summed E-state index contributed by atoms with van der Waals surface area (Å²) in [5.41, 5.74) is 1.78. The van der Waals surface area contributed by atoms with Gasteiger partial charge in [-0.2, -0.15) is 8.42 Å². The molecule has 0 radical (unpaired) electrons. The van der Waals surface area contributed by atoms with Crippen LogP contribution in [0.4, 0.5) is 0 Å². The summed E-state index contributed by atoms with van der Waals surface area (Å²) in [6, 6.07) is 20.9. The summed E-state index contributed by atoms with van der Waals surface area (Å²) >= 11 is 0. The maximum atomic E-state index is 11.9. The molecule has 0 saturated carbocycles. The summed E-state index contributed by atoms with van der Waals surface area (Å²) in [7, 11) is -9.03. The van der Waals surface area contributed by atoms with E-state index in [9.17, 15) is 36.2 Å². The summed E-state index contributed by atoms with van der Waals surface area (Å²) in [5, 5.41) is 21.8. The van der Waals surface area contributed by atoms with E-state index in [1.807, 2.05) is 0 Å². The monoisotopic (exact) mass is 766 g/mol. The zero-order valence-corrected chi connectivity index (χ0v) is 33.1. The van der Waals surface area contributed by atoms with Crippen molar-refractivity contribution < 1.29 is 45.6 Å². The van der Waals surface area contributed by atoms with Crippen molar-refractivity contribution in [2.75, 3.05) is 0 Å². The van der Waals surface area contributed by atoms with Crippen LogP contribution in [-0.2, 0) is 33.1 Å². The van der Waals surface area contributed by atoms with Gasteiger partial charge in [-0.1, -0.05) is 95.5 Å². The fraction of sp³-hybridized carbons (Fsp3) is 0.368. The van der Waals surface area contributed by atoms with Crippen LogP contribution in [0.15, 0.2) is 94.7 Å². The van der Waals surface area contributed by atoms with E-state index < -0.39 is 25.1 Å². The maximum Gasteiger partial charge on any atom is 2.00 e. The number of hydrogen-bond acceptors (Lipinski definition) is 9. The zero-order valence-electron chi connectivity index (χ0n) is 29.3. The second kappa shape index (κ2) is 22.3. The number of unbranched alkanes of at least 4 members (excludes halogenated alkanes) is 8. The number of aromatic hydroxyl groups is 1. The van der Waals surface area contributed by atoms with Gasteiger partial charge < -0.3 is 24.2 Å². The van der Waals surface area contributed by atoms with Gasteiger partial charge in [0.1, 0.15) is 43.8 Å². The van der Waals surface area contributed by atoms with E-state index in [2.05, 4.69) is 13.8 Å². The number of para-hydroxylation sites is 2. The molecule has 0 aliphatic heterocycles. The Labute approximate surface area is 332 Å². The Morgan fingerprint density at radius 2 is 1.06 bits per heavy atom. The van der Waals surface area contributed by atoms with Crippen molar-refractivity contribution >= 4 is 58.0 Å². The van der Waals surface area contributed by atoms with E-state index in [0.29, 0.717) is 5.75 Å². The van der Waals surface area contributed by atoms with E-state index in [0.717, 1.165) is 49.7 Å². The Bertz CT molecular complexity index is 1740. The van der Waals surface area contributed by atoms with Crippen LogP contribution in [0.5, 0.6) is 34.5 Å². The average Bonchev–Trinajstić information content (AvgIpc) is 3.04. The first-order valence-corrected chi connectivity index (χ1v) is 19.8. The normalized spacial score (nSPS) is 11.2. The maximum absolute atomic E-state index is 11.9. The van der Waals surface area contributed by atoms with Gasteiger partial charge in [-0.3, -0.25) is 4.55 Å². The molecular formula is C38H46CaO10S2. The predicted octanol–water partition coefficient (Wildman–Crippen LogP) is 8.53. The van der Waals surface area contributed by atoms with Crippen LogP contribution < -0.4 is 14.6 Å². The molecule has 4 rings (SSSR count). The van der Waals surface area contributed by atoms with Crippen molar-refractivity contribution in [3.05, 3.63) is 96.1 Å². The summed E-state index contributed by atoms with van der Waals surface area (Å²) < 4.78 is 77.2. The fourth-order valence-corrected chi connectivity index (χ4v) is 6.50. The summed E-state index contributed by atoms with van der Waals surface area (Å²) in [6.07, 6.45) is 13.0. The molecule has 51 heavy (non-hydrogen) atoms. The first-order valence-electron chi connectivity index (χ1n) is 16.9. The van der Waals surface area contributed by atoms with Crippen molar-refractivity contribution in [1.82, 2.24) is 0 Å². The molecule has 272 valence electrons. The molecule has 0 atom stereocenters. The Morgan fingerprint density at radius 1 is 0.608 bits per heavy atom. The number of rotatable bonds is 18. The molecule has 0 spiro atoms. The van der Waals surface area contributed by atoms with Gasteiger partial charge in [0.25, 0.3) is 10.1 Å². The number of hydrogen-bond donors (Lipinski definition) is 2. The van der Waals surface area contributed by atoms with Gasteiger partial charge in [0, 0.05) is 6.07 Å². The summed E-state index contributed by atoms with van der Waals surface area (Å²) in [6.45, 7) is 4.33.